The van der Waals surface area contributed by atoms with Crippen molar-refractivity contribution in [3.63, 3.8) is 0 Å². The number of rotatable bonds is 5. The molecule has 0 aliphatic heterocycles. The van der Waals surface area contributed by atoms with E-state index in [2.05, 4.69) is 5.43 Å². The van der Waals surface area contributed by atoms with Gasteiger partial charge in [-0.3, -0.25) is 24.0 Å². The first kappa shape index (κ1) is 14.0. The molecule has 2 rings (SSSR count). The summed E-state index contributed by atoms with van der Waals surface area (Å²) in [4.78, 5) is 24.2. The van der Waals surface area contributed by atoms with Gasteiger partial charge in [-0.05, 0) is 18.6 Å². The van der Waals surface area contributed by atoms with E-state index in [0.717, 1.165) is 17.4 Å². The van der Waals surface area contributed by atoms with Crippen molar-refractivity contribution in [3.05, 3.63) is 45.4 Å². The molecule has 0 fully saturated rings. The minimum Gasteiger partial charge on any atom is -0.383 e. The first-order chi connectivity index (χ1) is 9.56. The van der Waals surface area contributed by atoms with E-state index in [1.807, 2.05) is 19.1 Å². The van der Waals surface area contributed by atoms with Gasteiger partial charge in [-0.2, -0.15) is 0 Å². The Balaban J connectivity index is 2.53. The quantitative estimate of drug-likeness (QED) is 0.838. The topological polar surface area (TPSA) is 87.0 Å². The molecule has 0 unspecified atom stereocenters. The van der Waals surface area contributed by atoms with Crippen LogP contribution in [-0.4, -0.2) is 13.8 Å². The standard InChI is InChI=1S/C13H19N5O2/c1-3-4-9-18-11(14)10(12(19)16(2)13(18)20)15-17-7-5-6-8-17/h5-8,15H,3-4,9,14H2,1-2H3. The normalized spacial score (nSPS) is 10.7. The first-order valence-electron chi connectivity index (χ1n) is 6.55. The summed E-state index contributed by atoms with van der Waals surface area (Å²) in [6, 6.07) is 3.64. The Hall–Kier alpha value is -2.44. The van der Waals surface area contributed by atoms with E-state index in [9.17, 15) is 9.59 Å². The predicted octanol–water partition coefficient (Wildman–Crippen LogP) is 0.606. The Morgan fingerprint density at radius 2 is 1.90 bits per heavy atom. The molecule has 0 saturated heterocycles. The van der Waals surface area contributed by atoms with Crippen LogP contribution in [0.3, 0.4) is 0 Å². The monoisotopic (exact) mass is 277 g/mol. The summed E-state index contributed by atoms with van der Waals surface area (Å²) in [5.74, 6) is 0.167. The lowest BCUT2D eigenvalue weighted by Gasteiger charge is -2.16. The molecule has 0 aliphatic carbocycles. The molecule has 2 aromatic rings. The molecular formula is C13H19N5O2. The van der Waals surface area contributed by atoms with Crippen LogP contribution in [0.25, 0.3) is 0 Å². The van der Waals surface area contributed by atoms with Gasteiger partial charge in [0.2, 0.25) is 0 Å². The molecule has 3 N–H and O–H groups in total. The average Bonchev–Trinajstić information content (AvgIpc) is 2.94. The number of anilines is 2. The summed E-state index contributed by atoms with van der Waals surface area (Å²) in [5.41, 5.74) is 8.27. The number of nitrogens with zero attached hydrogens (tertiary/aromatic N) is 3. The van der Waals surface area contributed by atoms with E-state index in [0.29, 0.717) is 6.54 Å². The summed E-state index contributed by atoms with van der Waals surface area (Å²) >= 11 is 0. The average molecular weight is 277 g/mol. The maximum absolute atomic E-state index is 12.2. The highest BCUT2D eigenvalue weighted by atomic mass is 16.2. The molecule has 0 aromatic carbocycles. The van der Waals surface area contributed by atoms with Gasteiger partial charge in [0.25, 0.3) is 5.56 Å². The SMILES string of the molecule is CCCCn1c(N)c(Nn2cccc2)c(=O)n(C)c1=O. The molecule has 7 heteroatoms. The molecule has 0 atom stereocenters. The van der Waals surface area contributed by atoms with Crippen LogP contribution in [0.5, 0.6) is 0 Å². The number of nitrogens with one attached hydrogen (secondary N) is 1. The molecule has 20 heavy (non-hydrogen) atoms. The highest BCUT2D eigenvalue weighted by Crippen LogP contribution is 2.12. The van der Waals surface area contributed by atoms with Gasteiger partial charge in [0.15, 0.2) is 5.69 Å². The van der Waals surface area contributed by atoms with Crippen molar-refractivity contribution in [2.24, 2.45) is 7.05 Å². The highest BCUT2D eigenvalue weighted by molar-refractivity contribution is 5.60. The molecule has 108 valence electrons. The Morgan fingerprint density at radius 3 is 2.50 bits per heavy atom. The lowest BCUT2D eigenvalue weighted by molar-refractivity contribution is 0.575. The fraction of sp³-hybridized carbons (Fsp3) is 0.385. The van der Waals surface area contributed by atoms with E-state index in [1.165, 1.54) is 11.6 Å². The van der Waals surface area contributed by atoms with Crippen LogP contribution < -0.4 is 22.4 Å². The number of hydrogen-bond acceptors (Lipinski definition) is 4. The number of nitrogens with two attached hydrogens (primary N) is 1. The molecule has 0 bridgehead atoms. The lowest BCUT2D eigenvalue weighted by atomic mass is 10.3. The number of unbranched alkanes of at least 4 members (excludes halogenated alkanes) is 1. The van der Waals surface area contributed by atoms with Crippen LogP contribution in [0.4, 0.5) is 11.5 Å². The van der Waals surface area contributed by atoms with Gasteiger partial charge in [-0.1, -0.05) is 13.3 Å². The third kappa shape index (κ3) is 2.47. The molecule has 0 aliphatic rings. The van der Waals surface area contributed by atoms with Crippen molar-refractivity contribution in [3.8, 4) is 0 Å². The summed E-state index contributed by atoms with van der Waals surface area (Å²) in [7, 11) is 1.45. The van der Waals surface area contributed by atoms with Crippen molar-refractivity contribution in [2.45, 2.75) is 26.3 Å². The summed E-state index contributed by atoms with van der Waals surface area (Å²) in [5, 5.41) is 0. The van der Waals surface area contributed by atoms with Crippen molar-refractivity contribution in [1.29, 1.82) is 0 Å². The second kappa shape index (κ2) is 5.68. The van der Waals surface area contributed by atoms with Crippen LogP contribution in [0.2, 0.25) is 0 Å². The second-order valence-corrected chi connectivity index (χ2v) is 4.61. The molecule has 0 spiro atoms. The van der Waals surface area contributed by atoms with E-state index < -0.39 is 5.56 Å². The molecule has 0 saturated carbocycles. The van der Waals surface area contributed by atoms with Crippen LogP contribution in [-0.2, 0) is 13.6 Å². The van der Waals surface area contributed by atoms with Crippen molar-refractivity contribution in [2.75, 3.05) is 11.2 Å². The first-order valence-corrected chi connectivity index (χ1v) is 6.55. The Kier molecular flexibility index (Phi) is 3.97. The molecular weight excluding hydrogens is 258 g/mol. The van der Waals surface area contributed by atoms with Gasteiger partial charge < -0.3 is 5.73 Å². The van der Waals surface area contributed by atoms with E-state index in [1.54, 1.807) is 17.1 Å². The van der Waals surface area contributed by atoms with Crippen LogP contribution in [0.1, 0.15) is 19.8 Å². The highest BCUT2D eigenvalue weighted by Gasteiger charge is 2.14. The lowest BCUT2D eigenvalue weighted by Crippen LogP contribution is -2.41. The van der Waals surface area contributed by atoms with Crippen molar-refractivity contribution in [1.82, 2.24) is 13.8 Å². The number of nitrogen functional groups attached to an aromatic ring is 1. The zero-order valence-corrected chi connectivity index (χ0v) is 11.7. The summed E-state index contributed by atoms with van der Waals surface area (Å²) in [6.07, 6.45) is 5.26. The van der Waals surface area contributed by atoms with Crippen molar-refractivity contribution >= 4 is 11.5 Å². The van der Waals surface area contributed by atoms with Gasteiger partial charge in [-0.25, -0.2) is 4.79 Å². The minimum atomic E-state index is -0.436. The summed E-state index contributed by atoms with van der Waals surface area (Å²) in [6.45, 7) is 2.53. The number of hydrogen-bond donors (Lipinski definition) is 2. The Morgan fingerprint density at radius 1 is 1.25 bits per heavy atom. The van der Waals surface area contributed by atoms with Crippen LogP contribution in [0.15, 0.2) is 34.1 Å². The maximum Gasteiger partial charge on any atom is 0.332 e. The molecule has 7 nitrogen and oxygen atoms in total. The van der Waals surface area contributed by atoms with Gasteiger partial charge in [-0.15, -0.1) is 0 Å². The minimum absolute atomic E-state index is 0.167. The van der Waals surface area contributed by atoms with E-state index >= 15 is 0 Å². The fourth-order valence-corrected chi connectivity index (χ4v) is 1.96. The smallest absolute Gasteiger partial charge is 0.332 e. The number of aromatic nitrogens is 3. The van der Waals surface area contributed by atoms with E-state index in [4.69, 9.17) is 5.73 Å². The summed E-state index contributed by atoms with van der Waals surface area (Å²) < 4.78 is 4.11. The van der Waals surface area contributed by atoms with Crippen LogP contribution >= 0.6 is 0 Å². The maximum atomic E-state index is 12.2. The molecule has 0 radical (unpaired) electrons. The van der Waals surface area contributed by atoms with Gasteiger partial charge in [0, 0.05) is 26.0 Å². The van der Waals surface area contributed by atoms with Gasteiger partial charge in [0.1, 0.15) is 5.82 Å². The Labute approximate surface area is 116 Å². The molecule has 2 aromatic heterocycles. The second-order valence-electron chi connectivity index (χ2n) is 4.61. The van der Waals surface area contributed by atoms with Gasteiger partial charge in [0.05, 0.1) is 0 Å². The van der Waals surface area contributed by atoms with Gasteiger partial charge >= 0.3 is 5.69 Å². The molecule has 2 heterocycles. The Bertz CT molecular complexity index is 697. The van der Waals surface area contributed by atoms with E-state index in [-0.39, 0.29) is 17.2 Å². The largest absolute Gasteiger partial charge is 0.383 e. The zero-order valence-electron chi connectivity index (χ0n) is 11.7. The van der Waals surface area contributed by atoms with Crippen molar-refractivity contribution < 1.29 is 0 Å². The predicted molar refractivity (Wildman–Crippen MR) is 78.7 cm³/mol. The third-order valence-corrected chi connectivity index (χ3v) is 3.16. The zero-order chi connectivity index (χ0) is 14.7. The third-order valence-electron chi connectivity index (χ3n) is 3.16. The molecule has 0 amide bonds. The fourth-order valence-electron chi connectivity index (χ4n) is 1.96. The van der Waals surface area contributed by atoms with Crippen LogP contribution in [0, 0.1) is 0 Å².